The van der Waals surface area contributed by atoms with Gasteiger partial charge >= 0.3 is 6.09 Å². The van der Waals surface area contributed by atoms with E-state index in [2.05, 4.69) is 5.32 Å². The Hall–Kier alpha value is -3.23. The van der Waals surface area contributed by atoms with E-state index in [1.807, 2.05) is 25.2 Å². The fraction of sp³-hybridized carbons (Fsp3) is 0.476. The number of benzene rings is 1. The summed E-state index contributed by atoms with van der Waals surface area (Å²) in [5.41, 5.74) is 1.36. The molecule has 30 heavy (non-hydrogen) atoms. The lowest BCUT2D eigenvalue weighted by atomic mass is 10.2. The molecule has 1 aliphatic rings. The number of carbonyl (C=O) groups excluding carboxylic acids is 3. The number of amides is 3. The lowest BCUT2D eigenvalue weighted by Gasteiger charge is -2.35. The third-order valence-electron chi connectivity index (χ3n) is 5.32. The van der Waals surface area contributed by atoms with E-state index < -0.39 is 6.04 Å². The Kier molecular flexibility index (Phi) is 6.49. The van der Waals surface area contributed by atoms with Gasteiger partial charge in [0.25, 0.3) is 5.91 Å². The first-order valence-corrected chi connectivity index (χ1v) is 10.0. The van der Waals surface area contributed by atoms with Crippen LogP contribution in [0.25, 0.3) is 10.9 Å². The van der Waals surface area contributed by atoms with Crippen LogP contribution in [0.2, 0.25) is 0 Å². The predicted molar refractivity (Wildman–Crippen MR) is 112 cm³/mol. The molecule has 1 saturated heterocycles. The minimum absolute atomic E-state index is 0.174. The number of nitrogens with one attached hydrogen (secondary N) is 1. The van der Waals surface area contributed by atoms with E-state index in [0.29, 0.717) is 44.2 Å². The van der Waals surface area contributed by atoms with E-state index >= 15 is 0 Å². The Balaban J connectivity index is 1.62. The number of hydrogen-bond acceptors (Lipinski definition) is 5. The van der Waals surface area contributed by atoms with Crippen LogP contribution < -0.4 is 10.1 Å². The number of rotatable bonds is 5. The first kappa shape index (κ1) is 21.5. The molecule has 2 heterocycles. The van der Waals surface area contributed by atoms with Crippen LogP contribution in [0.4, 0.5) is 4.79 Å². The van der Waals surface area contributed by atoms with Gasteiger partial charge in [0.05, 0.1) is 13.7 Å². The molecule has 0 aliphatic carbocycles. The Bertz CT molecular complexity index is 946. The number of hydrogen-bond donors (Lipinski definition) is 1. The van der Waals surface area contributed by atoms with E-state index in [4.69, 9.17) is 9.47 Å². The number of piperazine rings is 1. The van der Waals surface area contributed by atoms with E-state index in [9.17, 15) is 14.4 Å². The number of aryl methyl sites for hydroxylation is 1. The summed E-state index contributed by atoms with van der Waals surface area (Å²) in [5, 5.41) is 3.68. The minimum Gasteiger partial charge on any atom is -0.497 e. The van der Waals surface area contributed by atoms with E-state index in [1.54, 1.807) is 41.4 Å². The molecule has 1 N–H and O–H groups in total. The highest BCUT2D eigenvalue weighted by atomic mass is 16.6. The highest BCUT2D eigenvalue weighted by Crippen LogP contribution is 2.23. The smallest absolute Gasteiger partial charge is 0.409 e. The molecule has 3 amide bonds. The van der Waals surface area contributed by atoms with Crippen LogP contribution in [0.3, 0.4) is 0 Å². The molecule has 0 bridgehead atoms. The number of methoxy groups -OCH3 is 1. The van der Waals surface area contributed by atoms with Crippen molar-refractivity contribution in [3.05, 3.63) is 30.0 Å². The van der Waals surface area contributed by atoms with Gasteiger partial charge in [-0.05, 0) is 38.1 Å². The predicted octanol–water partition coefficient (Wildman–Crippen LogP) is 1.61. The molecule has 9 nitrogen and oxygen atoms in total. The van der Waals surface area contributed by atoms with Gasteiger partial charge < -0.3 is 29.2 Å². The summed E-state index contributed by atoms with van der Waals surface area (Å²) >= 11 is 0. The Morgan fingerprint density at radius 2 is 1.77 bits per heavy atom. The highest BCUT2D eigenvalue weighted by Gasteiger charge is 2.28. The third-order valence-corrected chi connectivity index (χ3v) is 5.32. The van der Waals surface area contributed by atoms with Gasteiger partial charge in [-0.15, -0.1) is 0 Å². The fourth-order valence-corrected chi connectivity index (χ4v) is 3.60. The van der Waals surface area contributed by atoms with Gasteiger partial charge in [-0.3, -0.25) is 9.59 Å². The summed E-state index contributed by atoms with van der Waals surface area (Å²) in [6, 6.07) is 6.69. The Morgan fingerprint density at radius 1 is 1.10 bits per heavy atom. The molecule has 1 aromatic carbocycles. The molecular formula is C21H28N4O5. The van der Waals surface area contributed by atoms with Gasteiger partial charge in [0.15, 0.2) is 0 Å². The maximum Gasteiger partial charge on any atom is 0.409 e. The van der Waals surface area contributed by atoms with Crippen LogP contribution in [0.15, 0.2) is 24.3 Å². The molecule has 2 aromatic rings. The van der Waals surface area contributed by atoms with Crippen LogP contribution in [0.1, 0.15) is 24.3 Å². The van der Waals surface area contributed by atoms with E-state index in [-0.39, 0.29) is 17.9 Å². The molecule has 1 aromatic heterocycles. The van der Waals surface area contributed by atoms with Gasteiger partial charge in [-0.1, -0.05) is 0 Å². The fourth-order valence-electron chi connectivity index (χ4n) is 3.60. The molecule has 162 valence electrons. The van der Waals surface area contributed by atoms with E-state index in [1.165, 1.54) is 0 Å². The van der Waals surface area contributed by atoms with Gasteiger partial charge in [-0.25, -0.2) is 4.79 Å². The zero-order chi connectivity index (χ0) is 21.8. The van der Waals surface area contributed by atoms with Crippen molar-refractivity contribution < 1.29 is 23.9 Å². The Morgan fingerprint density at radius 3 is 2.40 bits per heavy atom. The van der Waals surface area contributed by atoms with Crippen molar-refractivity contribution in [2.24, 2.45) is 7.05 Å². The van der Waals surface area contributed by atoms with Gasteiger partial charge in [0.2, 0.25) is 5.91 Å². The molecule has 9 heteroatoms. The molecule has 0 radical (unpaired) electrons. The molecule has 3 rings (SSSR count). The second-order valence-electron chi connectivity index (χ2n) is 7.22. The molecule has 1 aliphatic heterocycles. The molecule has 0 saturated carbocycles. The summed E-state index contributed by atoms with van der Waals surface area (Å²) in [7, 11) is 3.41. The maximum atomic E-state index is 12.8. The molecule has 0 spiro atoms. The average molecular weight is 416 g/mol. The van der Waals surface area contributed by atoms with Crippen LogP contribution in [-0.2, 0) is 16.6 Å². The number of fused-ring (bicyclic) bond motifs is 1. The lowest BCUT2D eigenvalue weighted by Crippen LogP contribution is -2.55. The number of carbonyl (C=O) groups is 3. The van der Waals surface area contributed by atoms with Crippen LogP contribution >= 0.6 is 0 Å². The topological polar surface area (TPSA) is 93.1 Å². The summed E-state index contributed by atoms with van der Waals surface area (Å²) < 4.78 is 12.0. The number of ether oxygens (including phenoxy) is 2. The monoisotopic (exact) mass is 416 g/mol. The van der Waals surface area contributed by atoms with E-state index in [0.717, 1.165) is 10.9 Å². The Labute approximate surface area is 175 Å². The SMILES string of the molecule is CCOC(=O)N1CCN(C(=O)[C@@H](C)NC(=O)c2cc3cc(OC)ccc3n2C)CC1. The maximum absolute atomic E-state index is 12.8. The molecular weight excluding hydrogens is 388 g/mol. The zero-order valence-electron chi connectivity index (χ0n) is 17.8. The number of nitrogens with zero attached hydrogens (tertiary/aromatic N) is 3. The standard InChI is InChI=1S/C21H28N4O5/c1-5-30-21(28)25-10-8-24(9-11-25)20(27)14(2)22-19(26)18-13-15-12-16(29-4)6-7-17(15)23(18)3/h6-7,12-14H,5,8-11H2,1-4H3,(H,22,26)/t14-/m1/s1. The van der Waals surface area contributed by atoms with Crippen LogP contribution in [-0.4, -0.2) is 78.2 Å². The van der Waals surface area contributed by atoms with Crippen LogP contribution in [0, 0.1) is 0 Å². The summed E-state index contributed by atoms with van der Waals surface area (Å²) in [6.07, 6.45) is -0.363. The van der Waals surface area contributed by atoms with Crippen molar-refractivity contribution in [2.45, 2.75) is 19.9 Å². The summed E-state index contributed by atoms with van der Waals surface area (Å²) in [4.78, 5) is 40.6. The van der Waals surface area contributed by atoms with Gasteiger partial charge in [-0.2, -0.15) is 0 Å². The molecule has 1 atom stereocenters. The summed E-state index contributed by atoms with van der Waals surface area (Å²) in [6.45, 7) is 5.39. The van der Waals surface area contributed by atoms with Crippen molar-refractivity contribution in [1.29, 1.82) is 0 Å². The average Bonchev–Trinajstić information content (AvgIpc) is 3.09. The van der Waals surface area contributed by atoms with Gasteiger partial charge in [0, 0.05) is 44.1 Å². The second kappa shape index (κ2) is 9.06. The van der Waals surface area contributed by atoms with Crippen molar-refractivity contribution in [1.82, 2.24) is 19.7 Å². The van der Waals surface area contributed by atoms with Gasteiger partial charge in [0.1, 0.15) is 17.5 Å². The second-order valence-corrected chi connectivity index (χ2v) is 7.22. The summed E-state index contributed by atoms with van der Waals surface area (Å²) in [5.74, 6) is 0.219. The minimum atomic E-state index is -0.681. The first-order valence-electron chi connectivity index (χ1n) is 10.0. The number of aromatic nitrogens is 1. The van der Waals surface area contributed by atoms with Crippen LogP contribution in [0.5, 0.6) is 5.75 Å². The first-order chi connectivity index (χ1) is 14.3. The van der Waals surface area contributed by atoms with Crippen molar-refractivity contribution in [3.63, 3.8) is 0 Å². The normalized spacial score (nSPS) is 15.1. The largest absolute Gasteiger partial charge is 0.497 e. The quantitative estimate of drug-likeness (QED) is 0.799. The highest BCUT2D eigenvalue weighted by molar-refractivity contribution is 6.01. The zero-order valence-corrected chi connectivity index (χ0v) is 17.8. The van der Waals surface area contributed by atoms with Crippen molar-refractivity contribution in [2.75, 3.05) is 39.9 Å². The third kappa shape index (κ3) is 4.34. The molecule has 1 fully saturated rings. The van der Waals surface area contributed by atoms with Crippen molar-refractivity contribution in [3.8, 4) is 5.75 Å². The lowest BCUT2D eigenvalue weighted by molar-refractivity contribution is -0.134. The van der Waals surface area contributed by atoms with Crippen molar-refractivity contribution >= 4 is 28.8 Å². The molecule has 0 unspecified atom stereocenters.